The van der Waals surface area contributed by atoms with Crippen LogP contribution in [0.3, 0.4) is 0 Å². The SMILES string of the molecule is CCN(CC)C(C)Nc1ccc(CNC=O)c2sc3ccc(OC)cc3c(=O)c12. The number of nitrogens with one attached hydrogen (secondary N) is 2. The van der Waals surface area contributed by atoms with Crippen LogP contribution in [0.15, 0.2) is 35.1 Å². The van der Waals surface area contributed by atoms with Gasteiger partial charge in [0.2, 0.25) is 6.41 Å². The fourth-order valence-electron chi connectivity index (χ4n) is 3.61. The second-order valence-corrected chi connectivity index (χ2v) is 7.86. The summed E-state index contributed by atoms with van der Waals surface area (Å²) in [6.07, 6.45) is 0.757. The Morgan fingerprint density at radius 1 is 1.21 bits per heavy atom. The molecule has 29 heavy (non-hydrogen) atoms. The minimum absolute atomic E-state index is 0.0325. The molecule has 1 atom stereocenters. The molecule has 7 heteroatoms. The Balaban J connectivity index is 2.24. The highest BCUT2D eigenvalue weighted by atomic mass is 32.1. The Kier molecular flexibility index (Phi) is 6.71. The molecule has 2 aromatic carbocycles. The van der Waals surface area contributed by atoms with Crippen LogP contribution in [0.1, 0.15) is 26.3 Å². The number of anilines is 1. The van der Waals surface area contributed by atoms with Crippen molar-refractivity contribution >= 4 is 43.6 Å². The number of carbonyl (C=O) groups is 1. The van der Waals surface area contributed by atoms with Gasteiger partial charge in [-0.05, 0) is 49.8 Å². The molecule has 1 amide bonds. The maximum absolute atomic E-state index is 13.5. The van der Waals surface area contributed by atoms with Gasteiger partial charge in [-0.25, -0.2) is 0 Å². The zero-order valence-corrected chi connectivity index (χ0v) is 18.1. The van der Waals surface area contributed by atoms with Gasteiger partial charge in [-0.1, -0.05) is 19.9 Å². The highest BCUT2D eigenvalue weighted by Gasteiger charge is 2.17. The monoisotopic (exact) mass is 413 g/mol. The van der Waals surface area contributed by atoms with Crippen LogP contribution in [0.2, 0.25) is 0 Å². The van der Waals surface area contributed by atoms with E-state index in [4.69, 9.17) is 4.74 Å². The Labute approximate surface area is 174 Å². The second-order valence-electron chi connectivity index (χ2n) is 6.81. The van der Waals surface area contributed by atoms with Gasteiger partial charge in [0.25, 0.3) is 0 Å². The first-order chi connectivity index (χ1) is 14.0. The van der Waals surface area contributed by atoms with Crippen LogP contribution in [0.4, 0.5) is 5.69 Å². The predicted octanol–water partition coefficient (Wildman–Crippen LogP) is 3.77. The van der Waals surface area contributed by atoms with E-state index in [2.05, 4.69) is 36.3 Å². The number of amides is 1. The van der Waals surface area contributed by atoms with Gasteiger partial charge >= 0.3 is 0 Å². The molecule has 6 nitrogen and oxygen atoms in total. The third kappa shape index (κ3) is 4.21. The summed E-state index contributed by atoms with van der Waals surface area (Å²) in [5.74, 6) is 0.658. The lowest BCUT2D eigenvalue weighted by Gasteiger charge is -2.28. The first kappa shape index (κ1) is 21.1. The molecule has 3 aromatic rings. The molecular weight excluding hydrogens is 386 g/mol. The number of nitrogens with zero attached hydrogens (tertiary/aromatic N) is 1. The van der Waals surface area contributed by atoms with Crippen LogP contribution in [0.5, 0.6) is 5.75 Å². The highest BCUT2D eigenvalue weighted by molar-refractivity contribution is 7.24. The van der Waals surface area contributed by atoms with Gasteiger partial charge in [-0.2, -0.15) is 0 Å². The Morgan fingerprint density at radius 2 is 1.97 bits per heavy atom. The quantitative estimate of drug-likeness (QED) is 0.317. The van der Waals surface area contributed by atoms with Crippen molar-refractivity contribution in [2.75, 3.05) is 25.5 Å². The maximum atomic E-state index is 13.5. The normalized spacial score (nSPS) is 12.3. The average Bonchev–Trinajstić information content (AvgIpc) is 2.73. The maximum Gasteiger partial charge on any atom is 0.207 e. The van der Waals surface area contributed by atoms with E-state index >= 15 is 0 Å². The first-order valence-corrected chi connectivity index (χ1v) is 10.6. The summed E-state index contributed by atoms with van der Waals surface area (Å²) in [6.45, 7) is 8.54. The van der Waals surface area contributed by atoms with Gasteiger partial charge < -0.3 is 15.4 Å². The summed E-state index contributed by atoms with van der Waals surface area (Å²) in [5, 5.41) is 7.52. The minimum Gasteiger partial charge on any atom is -0.497 e. The zero-order chi connectivity index (χ0) is 21.0. The Hall–Kier alpha value is -2.64. The number of fused-ring (bicyclic) bond motifs is 2. The van der Waals surface area contributed by atoms with Crippen molar-refractivity contribution in [3.63, 3.8) is 0 Å². The molecule has 0 saturated carbocycles. The number of hydrogen-bond acceptors (Lipinski definition) is 6. The van der Waals surface area contributed by atoms with Crippen molar-refractivity contribution in [2.24, 2.45) is 0 Å². The molecule has 3 rings (SSSR count). The molecule has 1 aromatic heterocycles. The van der Waals surface area contributed by atoms with Crippen LogP contribution in [-0.2, 0) is 11.3 Å². The van der Waals surface area contributed by atoms with E-state index in [0.717, 1.165) is 33.7 Å². The molecule has 0 aliphatic carbocycles. The van der Waals surface area contributed by atoms with Crippen molar-refractivity contribution in [3.8, 4) is 5.75 Å². The van der Waals surface area contributed by atoms with Gasteiger partial charge in [-0.15, -0.1) is 11.3 Å². The molecular formula is C22H27N3O3S. The molecule has 0 aliphatic heterocycles. The third-order valence-electron chi connectivity index (χ3n) is 5.21. The van der Waals surface area contributed by atoms with Gasteiger partial charge in [0.1, 0.15) is 5.75 Å². The summed E-state index contributed by atoms with van der Waals surface area (Å²) >= 11 is 1.56. The Morgan fingerprint density at radius 3 is 2.62 bits per heavy atom. The second kappa shape index (κ2) is 9.24. The fraction of sp³-hybridized carbons (Fsp3) is 0.364. The van der Waals surface area contributed by atoms with Crippen LogP contribution >= 0.6 is 11.3 Å². The summed E-state index contributed by atoms with van der Waals surface area (Å²) in [7, 11) is 1.60. The van der Waals surface area contributed by atoms with Gasteiger partial charge in [-0.3, -0.25) is 14.5 Å². The molecule has 2 N–H and O–H groups in total. The summed E-state index contributed by atoms with van der Waals surface area (Å²) < 4.78 is 7.10. The van der Waals surface area contributed by atoms with Crippen LogP contribution < -0.4 is 20.8 Å². The minimum atomic E-state index is -0.0325. The lowest BCUT2D eigenvalue weighted by molar-refractivity contribution is -0.109. The fourth-order valence-corrected chi connectivity index (χ4v) is 4.81. The zero-order valence-electron chi connectivity index (χ0n) is 17.2. The van der Waals surface area contributed by atoms with E-state index < -0.39 is 0 Å². The molecule has 1 unspecified atom stereocenters. The molecule has 0 radical (unpaired) electrons. The van der Waals surface area contributed by atoms with E-state index in [9.17, 15) is 9.59 Å². The van der Waals surface area contributed by atoms with Crippen LogP contribution in [-0.4, -0.2) is 37.7 Å². The van der Waals surface area contributed by atoms with E-state index in [1.807, 2.05) is 24.3 Å². The molecule has 0 bridgehead atoms. The van der Waals surface area contributed by atoms with Gasteiger partial charge in [0, 0.05) is 27.0 Å². The van der Waals surface area contributed by atoms with Crippen molar-refractivity contribution in [1.29, 1.82) is 0 Å². The van der Waals surface area contributed by atoms with E-state index in [1.165, 1.54) is 0 Å². The number of ether oxygens (including phenoxy) is 1. The van der Waals surface area contributed by atoms with Crippen molar-refractivity contribution in [3.05, 3.63) is 46.1 Å². The molecule has 0 fully saturated rings. The van der Waals surface area contributed by atoms with E-state index in [1.54, 1.807) is 24.5 Å². The van der Waals surface area contributed by atoms with Crippen LogP contribution in [0.25, 0.3) is 20.2 Å². The van der Waals surface area contributed by atoms with E-state index in [0.29, 0.717) is 29.5 Å². The standard InChI is InChI=1S/C22H27N3O3S/c1-5-25(6-2)14(3)24-18-9-7-15(12-23-13-26)22-20(18)21(27)17-11-16(28-4)8-10-19(17)29-22/h7-11,13-14,24H,5-6,12H2,1-4H3,(H,23,26). The molecule has 1 heterocycles. The molecule has 0 saturated heterocycles. The molecule has 0 aliphatic rings. The first-order valence-electron chi connectivity index (χ1n) is 9.78. The third-order valence-corrected chi connectivity index (χ3v) is 6.46. The van der Waals surface area contributed by atoms with Crippen LogP contribution in [0, 0.1) is 0 Å². The number of methoxy groups -OCH3 is 1. The van der Waals surface area contributed by atoms with Crippen molar-refractivity contribution in [1.82, 2.24) is 10.2 Å². The topological polar surface area (TPSA) is 70.7 Å². The smallest absolute Gasteiger partial charge is 0.207 e. The Bertz CT molecular complexity index is 1080. The molecule has 154 valence electrons. The number of rotatable bonds is 9. The lowest BCUT2D eigenvalue weighted by atomic mass is 10.1. The highest BCUT2D eigenvalue weighted by Crippen LogP contribution is 2.33. The predicted molar refractivity (Wildman–Crippen MR) is 121 cm³/mol. The number of benzene rings is 2. The molecule has 0 spiro atoms. The number of carbonyl (C=O) groups excluding carboxylic acids is 1. The van der Waals surface area contributed by atoms with E-state index in [-0.39, 0.29) is 11.6 Å². The lowest BCUT2D eigenvalue weighted by Crippen LogP contribution is -2.38. The van der Waals surface area contributed by atoms with Gasteiger partial charge in [0.15, 0.2) is 5.43 Å². The summed E-state index contributed by atoms with van der Waals surface area (Å²) in [5.41, 5.74) is 1.70. The number of hydrogen-bond donors (Lipinski definition) is 2. The largest absolute Gasteiger partial charge is 0.497 e. The summed E-state index contributed by atoms with van der Waals surface area (Å²) in [6, 6.07) is 9.47. The van der Waals surface area contributed by atoms with Crippen molar-refractivity contribution < 1.29 is 9.53 Å². The van der Waals surface area contributed by atoms with Crippen molar-refractivity contribution in [2.45, 2.75) is 33.5 Å². The summed E-state index contributed by atoms with van der Waals surface area (Å²) in [4.78, 5) is 26.6. The van der Waals surface area contributed by atoms with Gasteiger partial charge in [0.05, 0.1) is 18.7 Å². The average molecular weight is 414 g/mol.